The van der Waals surface area contributed by atoms with Crippen LogP contribution in [0.1, 0.15) is 43.6 Å². The molecule has 0 atom stereocenters. The molecule has 0 bridgehead atoms. The van der Waals surface area contributed by atoms with Crippen molar-refractivity contribution in [2.24, 2.45) is 10.9 Å². The topological polar surface area (TPSA) is 124 Å². The average Bonchev–Trinajstić information content (AvgIpc) is 2.48. The summed E-state index contributed by atoms with van der Waals surface area (Å²) < 4.78 is 10.2. The van der Waals surface area contributed by atoms with Crippen LogP contribution in [0.5, 0.6) is 5.75 Å². The summed E-state index contributed by atoms with van der Waals surface area (Å²) >= 11 is 0. The van der Waals surface area contributed by atoms with Crippen molar-refractivity contribution in [1.82, 2.24) is 0 Å². The van der Waals surface area contributed by atoms with E-state index in [1.807, 2.05) is 13.8 Å². The molecular weight excluding hydrogens is 284 g/mol. The molecule has 5 N–H and O–H groups in total. The second-order valence-corrected chi connectivity index (χ2v) is 4.29. The Balaban J connectivity index is 0.00000211. The van der Waals surface area contributed by atoms with Crippen LogP contribution in [-0.4, -0.2) is 31.1 Å². The molecule has 7 heteroatoms. The Morgan fingerprint density at radius 1 is 1.36 bits per heavy atom. The van der Waals surface area contributed by atoms with Gasteiger partial charge in [0.2, 0.25) is 0 Å². The maximum atomic E-state index is 11.9. The molecule has 7 nitrogen and oxygen atoms in total. The Morgan fingerprint density at radius 2 is 1.95 bits per heavy atom. The van der Waals surface area contributed by atoms with Gasteiger partial charge in [0.25, 0.3) is 0 Å². The molecule has 1 rings (SSSR count). The monoisotopic (exact) mass is 308 g/mol. The number of methoxy groups -OCH3 is 1. The van der Waals surface area contributed by atoms with Gasteiger partial charge in [0.1, 0.15) is 0 Å². The number of hydrogen-bond acceptors (Lipinski definition) is 7. The van der Waals surface area contributed by atoms with Crippen LogP contribution >= 0.6 is 0 Å². The van der Waals surface area contributed by atoms with Gasteiger partial charge < -0.3 is 21.1 Å². The smallest absolute Gasteiger partial charge is 0.338 e. The Morgan fingerprint density at radius 3 is 2.41 bits per heavy atom. The van der Waals surface area contributed by atoms with E-state index in [4.69, 9.17) is 26.5 Å². The Labute approximate surface area is 130 Å². The van der Waals surface area contributed by atoms with Crippen molar-refractivity contribution in [3.05, 3.63) is 23.3 Å². The summed E-state index contributed by atoms with van der Waals surface area (Å²) in [5.74, 6) is 4.79. The Hall–Kier alpha value is -2.57. The van der Waals surface area contributed by atoms with Crippen LogP contribution in [0.25, 0.3) is 0 Å². The quantitative estimate of drug-likeness (QED) is 0.253. The predicted molar refractivity (Wildman–Crippen MR) is 88.8 cm³/mol. The fourth-order valence-corrected chi connectivity index (χ4v) is 1.62. The highest BCUT2D eigenvalue weighted by Gasteiger charge is 2.17. The van der Waals surface area contributed by atoms with Gasteiger partial charge in [-0.15, -0.1) is 0 Å². The first-order chi connectivity index (χ1) is 10.4. The summed E-state index contributed by atoms with van der Waals surface area (Å²) in [5, 5.41) is 11.1. The van der Waals surface area contributed by atoms with Gasteiger partial charge in [-0.05, 0) is 26.0 Å². The molecule has 0 spiro atoms. The highest BCUT2D eigenvalue weighted by molar-refractivity contribution is 6.38. The lowest BCUT2D eigenvalue weighted by Crippen LogP contribution is -2.14. The van der Waals surface area contributed by atoms with E-state index in [2.05, 4.69) is 5.10 Å². The summed E-state index contributed by atoms with van der Waals surface area (Å²) in [6.45, 7) is 7.49. The molecule has 0 saturated carbocycles. The van der Waals surface area contributed by atoms with E-state index in [0.29, 0.717) is 5.56 Å². The van der Waals surface area contributed by atoms with Gasteiger partial charge in [-0.3, -0.25) is 5.41 Å². The predicted octanol–water partition coefficient (Wildman–Crippen LogP) is 2.18. The first-order valence-corrected chi connectivity index (χ1v) is 6.91. The zero-order valence-corrected chi connectivity index (χ0v) is 13.6. The summed E-state index contributed by atoms with van der Waals surface area (Å²) in [4.78, 5) is 11.9. The molecule has 0 radical (unpaired) electrons. The van der Waals surface area contributed by atoms with Gasteiger partial charge in [-0.2, -0.15) is 5.10 Å². The van der Waals surface area contributed by atoms with Gasteiger partial charge in [-0.25, -0.2) is 4.79 Å². The number of carbonyl (C=O) groups excluding carboxylic acids is 1. The molecule has 0 aliphatic heterocycles. The number of benzene rings is 1. The molecule has 1 aromatic carbocycles. The fraction of sp³-hybridized carbons (Fsp3) is 0.400. The van der Waals surface area contributed by atoms with Gasteiger partial charge in [0.15, 0.2) is 5.75 Å². The van der Waals surface area contributed by atoms with Gasteiger partial charge >= 0.3 is 5.97 Å². The van der Waals surface area contributed by atoms with Crippen LogP contribution in [0.15, 0.2) is 17.2 Å². The lowest BCUT2D eigenvalue weighted by atomic mass is 10.0. The summed E-state index contributed by atoms with van der Waals surface area (Å²) in [5.41, 5.74) is 6.60. The number of hydrogen-bond donors (Lipinski definition) is 3. The maximum Gasteiger partial charge on any atom is 0.338 e. The van der Waals surface area contributed by atoms with Crippen molar-refractivity contribution < 1.29 is 14.3 Å². The van der Waals surface area contributed by atoms with Crippen molar-refractivity contribution in [3.8, 4) is 5.75 Å². The number of esters is 1. The molecule has 0 heterocycles. The molecule has 0 aliphatic rings. The molecular formula is C15H24N4O3. The van der Waals surface area contributed by atoms with E-state index in [0.717, 1.165) is 6.21 Å². The van der Waals surface area contributed by atoms with Crippen LogP contribution in [0.3, 0.4) is 0 Å². The van der Waals surface area contributed by atoms with E-state index in [1.165, 1.54) is 19.2 Å². The molecule has 0 unspecified atom stereocenters. The molecule has 0 aromatic heterocycles. The lowest BCUT2D eigenvalue weighted by Gasteiger charge is -2.13. The third kappa shape index (κ3) is 5.08. The van der Waals surface area contributed by atoms with Crippen LogP contribution in [0, 0.1) is 5.41 Å². The van der Waals surface area contributed by atoms with Gasteiger partial charge in [0.05, 0.1) is 36.4 Å². The molecule has 0 saturated heterocycles. The van der Waals surface area contributed by atoms with Crippen LogP contribution in [0.4, 0.5) is 5.69 Å². The average molecular weight is 308 g/mol. The largest absolute Gasteiger partial charge is 0.494 e. The number of hydrazone groups is 1. The van der Waals surface area contributed by atoms with E-state index in [1.54, 1.807) is 13.8 Å². The third-order valence-corrected chi connectivity index (χ3v) is 2.39. The minimum Gasteiger partial charge on any atom is -0.494 e. The first-order valence-electron chi connectivity index (χ1n) is 6.91. The zero-order chi connectivity index (χ0) is 17.3. The second-order valence-electron chi connectivity index (χ2n) is 4.29. The molecule has 0 fully saturated rings. The number of nitrogens with two attached hydrogens (primary N) is 2. The Bertz CT molecular complexity index is 554. The number of carbonyl (C=O) groups is 1. The summed E-state index contributed by atoms with van der Waals surface area (Å²) in [6, 6.07) is 2.91. The highest BCUT2D eigenvalue weighted by atomic mass is 16.5. The second kappa shape index (κ2) is 9.38. The van der Waals surface area contributed by atoms with Crippen molar-refractivity contribution >= 4 is 23.6 Å². The van der Waals surface area contributed by atoms with E-state index in [9.17, 15) is 4.79 Å². The molecule has 1 aromatic rings. The zero-order valence-electron chi connectivity index (χ0n) is 13.6. The summed E-state index contributed by atoms with van der Waals surface area (Å²) in [6.07, 6.45) is 0.883. The van der Waals surface area contributed by atoms with Crippen LogP contribution in [0.2, 0.25) is 0 Å². The Kier molecular flexibility index (Phi) is 8.29. The summed E-state index contributed by atoms with van der Waals surface area (Å²) in [7, 11) is 1.42. The number of ether oxygens (including phenoxy) is 2. The number of nitrogens with one attached hydrogen (secondary N) is 1. The molecule has 0 aliphatic carbocycles. The SMILES string of the molecule is CC.COc1c(N)cc(C(=O)OC(C)C)cc1C(=N)/C=N\N. The minimum atomic E-state index is -0.520. The maximum absolute atomic E-state index is 11.9. The van der Waals surface area contributed by atoms with Gasteiger partial charge in [0, 0.05) is 5.56 Å². The van der Waals surface area contributed by atoms with E-state index >= 15 is 0 Å². The van der Waals surface area contributed by atoms with Crippen molar-refractivity contribution in [1.29, 1.82) is 5.41 Å². The van der Waals surface area contributed by atoms with E-state index in [-0.39, 0.29) is 28.8 Å². The van der Waals surface area contributed by atoms with Crippen LogP contribution < -0.4 is 16.3 Å². The lowest BCUT2D eigenvalue weighted by molar-refractivity contribution is 0.0378. The van der Waals surface area contributed by atoms with Crippen molar-refractivity contribution in [2.75, 3.05) is 12.8 Å². The van der Waals surface area contributed by atoms with E-state index < -0.39 is 5.97 Å². The number of nitrogen functional groups attached to an aromatic ring is 1. The number of anilines is 1. The number of nitrogens with zero attached hydrogens (tertiary/aromatic N) is 1. The van der Waals surface area contributed by atoms with Gasteiger partial charge in [-0.1, -0.05) is 13.8 Å². The minimum absolute atomic E-state index is 0.0183. The fourth-order valence-electron chi connectivity index (χ4n) is 1.62. The van der Waals surface area contributed by atoms with Crippen molar-refractivity contribution in [2.45, 2.75) is 33.8 Å². The normalized spacial score (nSPS) is 10.1. The number of rotatable bonds is 5. The molecule has 122 valence electrons. The van der Waals surface area contributed by atoms with Crippen LogP contribution in [-0.2, 0) is 4.74 Å². The van der Waals surface area contributed by atoms with Crippen molar-refractivity contribution in [3.63, 3.8) is 0 Å². The first kappa shape index (κ1) is 19.4. The third-order valence-electron chi connectivity index (χ3n) is 2.39. The molecule has 22 heavy (non-hydrogen) atoms. The highest BCUT2D eigenvalue weighted by Crippen LogP contribution is 2.28. The molecule has 0 amide bonds. The standard InChI is InChI=1S/C13H18N4O3.C2H6/c1-7(2)20-13(18)8-4-9(11(15)6-17-16)12(19-3)10(14)5-8;1-2/h4-7,15H,14,16H2,1-3H3;1-2H3/b15-11?,17-6-;.